The summed E-state index contributed by atoms with van der Waals surface area (Å²) in [5.41, 5.74) is 2.59. The van der Waals surface area contributed by atoms with Gasteiger partial charge in [0, 0.05) is 6.54 Å². The summed E-state index contributed by atoms with van der Waals surface area (Å²) < 4.78 is 14.8. The van der Waals surface area contributed by atoms with E-state index >= 15 is 0 Å². The van der Waals surface area contributed by atoms with Gasteiger partial charge in [-0.05, 0) is 41.6 Å². The van der Waals surface area contributed by atoms with Crippen LogP contribution in [0.15, 0.2) is 42.5 Å². The lowest BCUT2D eigenvalue weighted by molar-refractivity contribution is -0.127. The van der Waals surface area contributed by atoms with Gasteiger partial charge in [-0.1, -0.05) is 50.2 Å². The predicted octanol–water partition coefficient (Wildman–Crippen LogP) is 3.22. The van der Waals surface area contributed by atoms with E-state index in [0.717, 1.165) is 11.1 Å². The number of hydrogen-bond acceptors (Lipinski definition) is 3. The molecule has 0 aromatic heterocycles. The van der Waals surface area contributed by atoms with Gasteiger partial charge in [0.1, 0.15) is 11.9 Å². The van der Waals surface area contributed by atoms with Gasteiger partial charge in [0.25, 0.3) is 0 Å². The zero-order valence-electron chi connectivity index (χ0n) is 16.6. The molecule has 2 amide bonds. The van der Waals surface area contributed by atoms with Crippen molar-refractivity contribution in [3.8, 4) is 0 Å². The molecule has 1 heterocycles. The van der Waals surface area contributed by atoms with Crippen LogP contribution in [0.25, 0.3) is 0 Å². The molecule has 1 aliphatic rings. The van der Waals surface area contributed by atoms with Crippen LogP contribution in [0.4, 0.5) is 10.1 Å². The highest BCUT2D eigenvalue weighted by atomic mass is 35.5. The van der Waals surface area contributed by atoms with Gasteiger partial charge < -0.3 is 16.0 Å². The zero-order chi connectivity index (χ0) is 20.1. The molecule has 1 atom stereocenters. The molecule has 1 aliphatic heterocycles. The molecule has 2 aromatic carbocycles. The molecular weight excluding hydrogens is 393 g/mol. The van der Waals surface area contributed by atoms with Crippen LogP contribution >= 0.6 is 12.4 Å². The molecule has 0 fully saturated rings. The van der Waals surface area contributed by atoms with Gasteiger partial charge in [0.2, 0.25) is 11.8 Å². The van der Waals surface area contributed by atoms with E-state index in [1.54, 1.807) is 6.07 Å². The number of hydrogen-bond donors (Lipinski definition) is 3. The van der Waals surface area contributed by atoms with Crippen molar-refractivity contribution in [1.29, 1.82) is 0 Å². The van der Waals surface area contributed by atoms with Gasteiger partial charge >= 0.3 is 0 Å². The molecule has 7 heteroatoms. The number of rotatable bonds is 6. The van der Waals surface area contributed by atoms with Crippen molar-refractivity contribution in [3.63, 3.8) is 0 Å². The number of carbonyl (C=O) groups excluding carboxylic acids is 2. The average Bonchev–Trinajstić information content (AvgIpc) is 2.69. The number of anilines is 1. The van der Waals surface area contributed by atoms with Gasteiger partial charge in [0.15, 0.2) is 0 Å². The van der Waals surface area contributed by atoms with E-state index in [9.17, 15) is 14.0 Å². The van der Waals surface area contributed by atoms with Gasteiger partial charge in [0.05, 0.1) is 12.1 Å². The van der Waals surface area contributed by atoms with Crippen molar-refractivity contribution in [3.05, 3.63) is 65.0 Å². The van der Waals surface area contributed by atoms with Crippen LogP contribution in [-0.2, 0) is 29.0 Å². The third-order valence-corrected chi connectivity index (χ3v) is 4.94. The van der Waals surface area contributed by atoms with Crippen LogP contribution in [0.5, 0.6) is 0 Å². The van der Waals surface area contributed by atoms with Crippen LogP contribution in [0.3, 0.4) is 0 Å². The number of nitrogens with one attached hydrogen (secondary N) is 3. The molecule has 0 aliphatic carbocycles. The molecule has 3 N–H and O–H groups in total. The highest BCUT2D eigenvalue weighted by molar-refractivity contribution is 5.97. The smallest absolute Gasteiger partial charge is 0.247 e. The van der Waals surface area contributed by atoms with Gasteiger partial charge in [-0.25, -0.2) is 4.39 Å². The van der Waals surface area contributed by atoms with Crippen molar-refractivity contribution in [2.24, 2.45) is 5.92 Å². The molecule has 3 rings (SSSR count). The summed E-state index contributed by atoms with van der Waals surface area (Å²) >= 11 is 0. The molecule has 1 unspecified atom stereocenters. The van der Waals surface area contributed by atoms with Crippen LogP contribution in [0, 0.1) is 11.7 Å². The highest BCUT2D eigenvalue weighted by Gasteiger charge is 2.26. The lowest BCUT2D eigenvalue weighted by Gasteiger charge is -2.23. The molecule has 5 nitrogen and oxygen atoms in total. The fourth-order valence-corrected chi connectivity index (χ4v) is 3.38. The normalized spacial score (nSPS) is 13.8. The Morgan fingerprint density at radius 2 is 1.86 bits per heavy atom. The number of halogens is 2. The van der Waals surface area contributed by atoms with Crippen LogP contribution in [-0.4, -0.2) is 24.4 Å². The summed E-state index contributed by atoms with van der Waals surface area (Å²) in [6, 6.07) is 12.0. The Balaban J connectivity index is 0.00000300. The minimum absolute atomic E-state index is 0. The zero-order valence-corrected chi connectivity index (χ0v) is 17.4. The second-order valence-corrected chi connectivity index (χ2v) is 7.43. The number of amides is 2. The van der Waals surface area contributed by atoms with E-state index in [4.69, 9.17) is 0 Å². The minimum atomic E-state index is -0.742. The van der Waals surface area contributed by atoms with E-state index in [2.05, 4.69) is 16.0 Å². The second kappa shape index (κ2) is 10.4. The van der Waals surface area contributed by atoms with E-state index in [1.807, 2.05) is 50.2 Å². The fraction of sp³-hybridized carbons (Fsp3) is 0.364. The Morgan fingerprint density at radius 1 is 1.14 bits per heavy atom. The third-order valence-electron chi connectivity index (χ3n) is 4.94. The van der Waals surface area contributed by atoms with Crippen molar-refractivity contribution < 1.29 is 14.0 Å². The highest BCUT2D eigenvalue weighted by Crippen LogP contribution is 2.25. The second-order valence-electron chi connectivity index (χ2n) is 7.43. The molecule has 0 radical (unpaired) electrons. The average molecular weight is 420 g/mol. The Bertz CT molecular complexity index is 859. The standard InChI is InChI=1S/C22H26FN3O2.ClH/c1-14(2)21(26-19(27)12-15-6-4-3-5-7-15)22(28)25-18-9-8-16-13-24-11-10-17(16)20(18)23;/h3-9,14,21,24H,10-13H2,1-2H3,(H,25,28)(H,26,27);1H. The maximum atomic E-state index is 14.8. The fourth-order valence-electron chi connectivity index (χ4n) is 3.38. The minimum Gasteiger partial charge on any atom is -0.344 e. The topological polar surface area (TPSA) is 70.2 Å². The monoisotopic (exact) mass is 419 g/mol. The summed E-state index contributed by atoms with van der Waals surface area (Å²) in [6.45, 7) is 5.04. The summed E-state index contributed by atoms with van der Waals surface area (Å²) in [6.07, 6.45) is 0.782. The predicted molar refractivity (Wildman–Crippen MR) is 115 cm³/mol. The van der Waals surface area contributed by atoms with Crippen molar-refractivity contribution >= 4 is 29.9 Å². The first-order valence-corrected chi connectivity index (χ1v) is 9.61. The number of fused-ring (bicyclic) bond motifs is 1. The van der Waals surface area contributed by atoms with E-state index in [1.165, 1.54) is 0 Å². The molecule has 2 aromatic rings. The van der Waals surface area contributed by atoms with Crippen LogP contribution in [0.2, 0.25) is 0 Å². The van der Waals surface area contributed by atoms with Crippen molar-refractivity contribution in [2.75, 3.05) is 11.9 Å². The van der Waals surface area contributed by atoms with Crippen molar-refractivity contribution in [2.45, 2.75) is 39.3 Å². The summed E-state index contributed by atoms with van der Waals surface area (Å²) in [7, 11) is 0. The Hall–Kier alpha value is -2.44. The third kappa shape index (κ3) is 5.78. The SMILES string of the molecule is CC(C)C(NC(=O)Cc1ccccc1)C(=O)Nc1ccc2c(c1F)CCNC2.Cl. The van der Waals surface area contributed by atoms with E-state index in [-0.39, 0.29) is 42.2 Å². The number of benzene rings is 2. The van der Waals surface area contributed by atoms with Gasteiger partial charge in [-0.3, -0.25) is 9.59 Å². The summed E-state index contributed by atoms with van der Waals surface area (Å²) in [4.78, 5) is 25.1. The first kappa shape index (κ1) is 22.8. The van der Waals surface area contributed by atoms with Crippen LogP contribution < -0.4 is 16.0 Å². The van der Waals surface area contributed by atoms with E-state index in [0.29, 0.717) is 25.1 Å². The summed E-state index contributed by atoms with van der Waals surface area (Å²) in [5.74, 6) is -1.17. The molecule has 0 saturated heterocycles. The van der Waals surface area contributed by atoms with Gasteiger partial charge in [-0.15, -0.1) is 12.4 Å². The van der Waals surface area contributed by atoms with Gasteiger partial charge in [-0.2, -0.15) is 0 Å². The molecule has 0 saturated carbocycles. The van der Waals surface area contributed by atoms with E-state index < -0.39 is 11.9 Å². The maximum Gasteiger partial charge on any atom is 0.247 e. The molecule has 29 heavy (non-hydrogen) atoms. The number of carbonyl (C=O) groups is 2. The first-order valence-electron chi connectivity index (χ1n) is 9.61. The molecule has 156 valence electrons. The Kier molecular flexibility index (Phi) is 8.17. The molecule has 0 spiro atoms. The maximum absolute atomic E-state index is 14.8. The Labute approximate surface area is 176 Å². The lowest BCUT2D eigenvalue weighted by atomic mass is 9.99. The molecular formula is C22H27ClFN3O2. The lowest BCUT2D eigenvalue weighted by Crippen LogP contribution is -2.47. The summed E-state index contributed by atoms with van der Waals surface area (Å²) in [5, 5.41) is 8.65. The quantitative estimate of drug-likeness (QED) is 0.673. The largest absolute Gasteiger partial charge is 0.344 e. The first-order chi connectivity index (χ1) is 13.5. The molecule has 0 bridgehead atoms. The Morgan fingerprint density at radius 3 is 2.55 bits per heavy atom. The van der Waals surface area contributed by atoms with Crippen LogP contribution in [0.1, 0.15) is 30.5 Å². The van der Waals surface area contributed by atoms with Crippen molar-refractivity contribution in [1.82, 2.24) is 10.6 Å².